The first-order chi connectivity index (χ1) is 9.47. The largest absolute Gasteiger partial charge is 0.384 e. The summed E-state index contributed by atoms with van der Waals surface area (Å²) in [5.74, 6) is 0.305. The van der Waals surface area contributed by atoms with E-state index in [0.29, 0.717) is 32.6 Å². The molecule has 2 N–H and O–H groups in total. The fourth-order valence-electron chi connectivity index (χ4n) is 1.93. The molecule has 3 rings (SSSR count). The summed E-state index contributed by atoms with van der Waals surface area (Å²) in [4.78, 5) is 15.7. The van der Waals surface area contributed by atoms with E-state index in [-0.39, 0.29) is 0 Å². The van der Waals surface area contributed by atoms with Gasteiger partial charge in [-0.15, -0.1) is 0 Å². The normalized spacial score (nSPS) is 11.2. The van der Waals surface area contributed by atoms with E-state index in [9.17, 15) is 4.79 Å². The first-order valence-corrected chi connectivity index (χ1v) is 6.39. The summed E-state index contributed by atoms with van der Waals surface area (Å²) in [5, 5.41) is 5.71. The van der Waals surface area contributed by atoms with Crippen molar-refractivity contribution in [3.05, 3.63) is 44.9 Å². The Morgan fingerprint density at radius 2 is 1.85 bits per heavy atom. The second-order valence-electron chi connectivity index (χ2n) is 4.26. The summed E-state index contributed by atoms with van der Waals surface area (Å²) in [5.41, 5.74) is 6.41. The van der Waals surface area contributed by atoms with Gasteiger partial charge in [0.25, 0.3) is 0 Å². The maximum atomic E-state index is 11.7. The zero-order valence-corrected chi connectivity index (χ0v) is 11.9. The van der Waals surface area contributed by atoms with Gasteiger partial charge in [0.15, 0.2) is 5.65 Å². The fourth-order valence-corrected chi connectivity index (χ4v) is 2.44. The van der Waals surface area contributed by atoms with Crippen molar-refractivity contribution in [2.45, 2.75) is 0 Å². The first kappa shape index (κ1) is 13.0. The number of anilines is 1. The Morgan fingerprint density at radius 3 is 2.50 bits per heavy atom. The van der Waals surface area contributed by atoms with Crippen molar-refractivity contribution in [2.24, 2.45) is 7.05 Å². The van der Waals surface area contributed by atoms with Crippen LogP contribution in [0.25, 0.3) is 16.7 Å². The third-order valence-corrected chi connectivity index (χ3v) is 3.40. The van der Waals surface area contributed by atoms with Gasteiger partial charge in [-0.3, -0.25) is 4.57 Å². The van der Waals surface area contributed by atoms with Crippen molar-refractivity contribution in [3.63, 3.8) is 0 Å². The van der Waals surface area contributed by atoms with Crippen LogP contribution in [-0.4, -0.2) is 19.3 Å². The molecule has 0 aliphatic heterocycles. The molecule has 2 aromatic heterocycles. The van der Waals surface area contributed by atoms with Gasteiger partial charge >= 0.3 is 5.69 Å². The quantitative estimate of drug-likeness (QED) is 0.745. The Hall–Kier alpha value is -2.05. The number of aromatic nitrogens is 4. The van der Waals surface area contributed by atoms with Crippen LogP contribution >= 0.6 is 23.2 Å². The molecule has 0 fully saturated rings. The number of hydrogen-bond acceptors (Lipinski definition) is 4. The predicted octanol–water partition coefficient (Wildman–Crippen LogP) is 2.01. The molecule has 2 heterocycles. The maximum absolute atomic E-state index is 11.7. The highest BCUT2D eigenvalue weighted by atomic mass is 35.5. The maximum Gasteiger partial charge on any atom is 0.350 e. The van der Waals surface area contributed by atoms with Gasteiger partial charge in [-0.05, 0) is 18.2 Å². The molecule has 0 saturated carbocycles. The molecule has 6 nitrogen and oxygen atoms in total. The lowest BCUT2D eigenvalue weighted by Gasteiger charge is -2.06. The summed E-state index contributed by atoms with van der Waals surface area (Å²) in [6, 6.07) is 4.96. The Kier molecular flexibility index (Phi) is 2.92. The monoisotopic (exact) mass is 309 g/mol. The van der Waals surface area contributed by atoms with Gasteiger partial charge < -0.3 is 5.73 Å². The molecule has 102 valence electrons. The van der Waals surface area contributed by atoms with Gasteiger partial charge in [-0.25, -0.2) is 9.48 Å². The number of nitrogens with two attached hydrogens (primary N) is 1. The first-order valence-electron chi connectivity index (χ1n) is 5.64. The van der Waals surface area contributed by atoms with E-state index in [1.165, 1.54) is 9.25 Å². The summed E-state index contributed by atoms with van der Waals surface area (Å²) >= 11 is 11.9. The Labute approximate surface area is 123 Å². The summed E-state index contributed by atoms with van der Waals surface area (Å²) in [7, 11) is 1.55. The third kappa shape index (κ3) is 1.93. The van der Waals surface area contributed by atoms with E-state index in [0.717, 1.165) is 0 Å². The Bertz CT molecular complexity index is 863. The minimum absolute atomic E-state index is 0.305. The van der Waals surface area contributed by atoms with Gasteiger partial charge in [0.05, 0.1) is 17.3 Å². The Balaban J connectivity index is 2.35. The molecule has 0 spiro atoms. The van der Waals surface area contributed by atoms with Crippen molar-refractivity contribution in [1.29, 1.82) is 0 Å². The van der Waals surface area contributed by atoms with Crippen molar-refractivity contribution in [2.75, 3.05) is 5.73 Å². The van der Waals surface area contributed by atoms with Crippen LogP contribution in [0.3, 0.4) is 0 Å². The fraction of sp³-hybridized carbons (Fsp3) is 0.0833. The minimum Gasteiger partial charge on any atom is -0.384 e. The van der Waals surface area contributed by atoms with E-state index >= 15 is 0 Å². The minimum atomic E-state index is -0.454. The predicted molar refractivity (Wildman–Crippen MR) is 78.5 cm³/mol. The van der Waals surface area contributed by atoms with Crippen LogP contribution in [0.1, 0.15) is 0 Å². The van der Waals surface area contributed by atoms with Crippen LogP contribution in [0.15, 0.2) is 29.2 Å². The lowest BCUT2D eigenvalue weighted by molar-refractivity contribution is 0.824. The number of fused-ring (bicyclic) bond motifs is 1. The number of hydrogen-bond donors (Lipinski definition) is 1. The third-order valence-electron chi connectivity index (χ3n) is 2.96. The molecule has 0 unspecified atom stereocenters. The van der Waals surface area contributed by atoms with Crippen LogP contribution in [0.5, 0.6) is 0 Å². The van der Waals surface area contributed by atoms with Crippen molar-refractivity contribution in [3.8, 4) is 5.69 Å². The van der Waals surface area contributed by atoms with Crippen molar-refractivity contribution < 1.29 is 0 Å². The van der Waals surface area contributed by atoms with Gasteiger partial charge in [-0.1, -0.05) is 23.2 Å². The van der Waals surface area contributed by atoms with E-state index in [1.54, 1.807) is 31.4 Å². The second kappa shape index (κ2) is 4.50. The van der Waals surface area contributed by atoms with Gasteiger partial charge in [-0.2, -0.15) is 10.1 Å². The number of nitrogens with zero attached hydrogens (tertiary/aromatic N) is 4. The van der Waals surface area contributed by atoms with Crippen molar-refractivity contribution in [1.82, 2.24) is 19.3 Å². The molecule has 0 bridgehead atoms. The zero-order valence-electron chi connectivity index (χ0n) is 10.3. The molecule has 3 aromatic rings. The van der Waals surface area contributed by atoms with Crippen LogP contribution in [0.4, 0.5) is 5.82 Å². The molecule has 0 aliphatic rings. The molecule has 20 heavy (non-hydrogen) atoms. The van der Waals surface area contributed by atoms with E-state index in [2.05, 4.69) is 10.1 Å². The van der Waals surface area contributed by atoms with E-state index in [4.69, 9.17) is 28.9 Å². The standard InChI is InChI=1S/C12H9Cl2N5O/c1-18-10(15)9-5-16-19(11(9)17-12(18)20)8-3-6(13)2-7(14)4-8/h2-5H,15H2,1H3. The average molecular weight is 310 g/mol. The molecule has 0 amide bonds. The van der Waals surface area contributed by atoms with Gasteiger partial charge in [0.1, 0.15) is 5.82 Å². The number of halogens is 2. The summed E-state index contributed by atoms with van der Waals surface area (Å²) in [6.07, 6.45) is 1.55. The highest BCUT2D eigenvalue weighted by Crippen LogP contribution is 2.24. The number of rotatable bonds is 1. The zero-order chi connectivity index (χ0) is 14.4. The lowest BCUT2D eigenvalue weighted by Crippen LogP contribution is -2.23. The topological polar surface area (TPSA) is 78.7 Å². The Morgan fingerprint density at radius 1 is 1.20 bits per heavy atom. The summed E-state index contributed by atoms with van der Waals surface area (Å²) in [6.45, 7) is 0. The number of benzene rings is 1. The van der Waals surface area contributed by atoms with Crippen molar-refractivity contribution >= 4 is 40.1 Å². The molecule has 8 heteroatoms. The van der Waals surface area contributed by atoms with Crippen LogP contribution in [-0.2, 0) is 7.05 Å². The molecule has 1 aromatic carbocycles. The molecule has 0 radical (unpaired) electrons. The average Bonchev–Trinajstić information content (AvgIpc) is 2.78. The van der Waals surface area contributed by atoms with Crippen LogP contribution in [0, 0.1) is 0 Å². The lowest BCUT2D eigenvalue weighted by atomic mass is 10.3. The van der Waals surface area contributed by atoms with E-state index < -0.39 is 5.69 Å². The van der Waals surface area contributed by atoms with E-state index in [1.807, 2.05) is 0 Å². The summed E-state index contributed by atoms with van der Waals surface area (Å²) < 4.78 is 2.74. The molecular formula is C12H9Cl2N5O. The van der Waals surface area contributed by atoms with Crippen LogP contribution < -0.4 is 11.4 Å². The molecular weight excluding hydrogens is 301 g/mol. The smallest absolute Gasteiger partial charge is 0.350 e. The highest BCUT2D eigenvalue weighted by molar-refractivity contribution is 6.34. The van der Waals surface area contributed by atoms with Gasteiger partial charge in [0, 0.05) is 17.1 Å². The second-order valence-corrected chi connectivity index (χ2v) is 5.13. The number of nitrogen functional groups attached to an aromatic ring is 1. The molecule has 0 aliphatic carbocycles. The van der Waals surface area contributed by atoms with Gasteiger partial charge in [0.2, 0.25) is 0 Å². The highest BCUT2D eigenvalue weighted by Gasteiger charge is 2.13. The molecule has 0 saturated heterocycles. The van der Waals surface area contributed by atoms with Crippen LogP contribution in [0.2, 0.25) is 10.0 Å². The SMILES string of the molecule is Cn1c(N)c2cnn(-c3cc(Cl)cc(Cl)c3)c2nc1=O. The molecule has 0 atom stereocenters.